The van der Waals surface area contributed by atoms with E-state index >= 15 is 0 Å². The number of carboxylic acids is 3. The van der Waals surface area contributed by atoms with E-state index in [1.165, 1.54) is 30.7 Å². The zero-order valence-corrected chi connectivity index (χ0v) is 33.2. The summed E-state index contributed by atoms with van der Waals surface area (Å²) in [6.07, 6.45) is 0. The van der Waals surface area contributed by atoms with Crippen LogP contribution in [0.25, 0.3) is 28.1 Å². The number of aromatic carboxylic acids is 3. The largest absolute Gasteiger partial charge is 0.479 e. The third kappa shape index (κ3) is 7.55. The number of aromatic hydroxyl groups is 1. The van der Waals surface area contributed by atoms with E-state index in [4.69, 9.17) is 18.0 Å². The average Bonchev–Trinajstić information content (AvgIpc) is 3.93. The number of aryl methyl sites for hydroxylation is 5. The van der Waals surface area contributed by atoms with Gasteiger partial charge in [0.2, 0.25) is 0 Å². The molecule has 0 fully saturated rings. The summed E-state index contributed by atoms with van der Waals surface area (Å²) < 4.78 is 4.38. The van der Waals surface area contributed by atoms with Crippen molar-refractivity contribution in [2.24, 2.45) is 20.5 Å². The standard InChI is InChI=1S/C37H29N19O7/c1-14-7-19(32(57)58)10-22(8-14)53-30(24(13-38)15(2)49-53)47-45-25-16(3)51-55(28(25)39)35-42-36(44-37(63)43-35)56-29(40)26(17(4)52-56)46-48-31-27(41-6)18(5)50-54(31)23-11-20(33(59)60)9-21(12-23)34(61)62/h7-12H,39-40H2,1-5H3,(H,57,58)(H,59,60)(H,61,62)(H,42,43,44,63). The molecule has 0 saturated heterocycles. The molecule has 0 aliphatic rings. The fraction of sp³-hybridized carbons (Fsp3) is 0.135. The van der Waals surface area contributed by atoms with Crippen LogP contribution < -0.4 is 11.5 Å². The highest BCUT2D eigenvalue weighted by Gasteiger charge is 2.25. The van der Waals surface area contributed by atoms with Gasteiger partial charge in [-0.1, -0.05) is 0 Å². The topological polar surface area (TPSA) is 372 Å². The van der Waals surface area contributed by atoms with Crippen molar-refractivity contribution in [3.05, 3.63) is 98.4 Å². The van der Waals surface area contributed by atoms with Crippen molar-refractivity contribution in [1.29, 1.82) is 5.26 Å². The molecule has 8 N–H and O–H groups in total. The van der Waals surface area contributed by atoms with Crippen LogP contribution >= 0.6 is 0 Å². The van der Waals surface area contributed by atoms with Gasteiger partial charge in [-0.05, 0) is 76.6 Å². The molecule has 5 heterocycles. The van der Waals surface area contributed by atoms with E-state index in [1.807, 2.05) is 6.07 Å². The summed E-state index contributed by atoms with van der Waals surface area (Å²) in [6, 6.07) is 9.03. The van der Waals surface area contributed by atoms with Crippen molar-refractivity contribution in [1.82, 2.24) is 54.1 Å². The van der Waals surface area contributed by atoms with Gasteiger partial charge in [0.05, 0.1) is 57.4 Å². The zero-order valence-electron chi connectivity index (χ0n) is 33.2. The predicted octanol–water partition coefficient (Wildman–Crippen LogP) is 5.37. The Morgan fingerprint density at radius 1 is 0.635 bits per heavy atom. The van der Waals surface area contributed by atoms with Crippen LogP contribution in [0.1, 0.15) is 65.0 Å². The Kier molecular flexibility index (Phi) is 10.4. The molecule has 0 radical (unpaired) electrons. The van der Waals surface area contributed by atoms with E-state index in [9.17, 15) is 40.1 Å². The van der Waals surface area contributed by atoms with Crippen LogP contribution in [-0.2, 0) is 0 Å². The zero-order chi connectivity index (χ0) is 45.6. The van der Waals surface area contributed by atoms with Gasteiger partial charge in [-0.3, -0.25) is 0 Å². The van der Waals surface area contributed by atoms with Crippen molar-refractivity contribution < 1.29 is 34.8 Å². The van der Waals surface area contributed by atoms with Crippen molar-refractivity contribution in [3.63, 3.8) is 0 Å². The number of anilines is 2. The Bertz CT molecular complexity index is 3220. The van der Waals surface area contributed by atoms with Crippen LogP contribution in [0, 0.1) is 52.5 Å². The van der Waals surface area contributed by atoms with Crippen LogP contribution in [0.3, 0.4) is 0 Å². The van der Waals surface area contributed by atoms with Gasteiger partial charge in [0, 0.05) is 0 Å². The molecule has 314 valence electrons. The lowest BCUT2D eigenvalue weighted by atomic mass is 10.1. The molecule has 0 aliphatic heterocycles. The molecule has 7 aromatic rings. The van der Waals surface area contributed by atoms with Gasteiger partial charge in [0.25, 0.3) is 17.6 Å². The molecule has 0 aliphatic carbocycles. The molecule has 2 aromatic carbocycles. The van der Waals surface area contributed by atoms with Crippen LogP contribution in [0.2, 0.25) is 0 Å². The molecule has 0 saturated carbocycles. The van der Waals surface area contributed by atoms with Crippen molar-refractivity contribution in [2.75, 3.05) is 11.5 Å². The third-order valence-electron chi connectivity index (χ3n) is 9.07. The summed E-state index contributed by atoms with van der Waals surface area (Å²) in [5, 5.41) is 83.7. The molecule has 5 aromatic heterocycles. The molecule has 0 bridgehead atoms. The number of hydrogen-bond donors (Lipinski definition) is 6. The lowest BCUT2D eigenvalue weighted by Gasteiger charge is -2.08. The van der Waals surface area contributed by atoms with Gasteiger partial charge in [0.15, 0.2) is 34.6 Å². The first-order valence-corrected chi connectivity index (χ1v) is 17.8. The monoisotopic (exact) mass is 851 g/mol. The van der Waals surface area contributed by atoms with Crippen LogP contribution in [0.4, 0.5) is 40.3 Å². The fourth-order valence-corrected chi connectivity index (χ4v) is 6.17. The lowest BCUT2D eigenvalue weighted by molar-refractivity contribution is 0.0682. The summed E-state index contributed by atoms with van der Waals surface area (Å²) >= 11 is 0. The highest BCUT2D eigenvalue weighted by atomic mass is 16.4. The van der Waals surface area contributed by atoms with Crippen molar-refractivity contribution in [3.8, 4) is 35.4 Å². The molecule has 26 nitrogen and oxygen atoms in total. The number of nitrogens with zero attached hydrogens (tertiary/aromatic N) is 17. The molecular weight excluding hydrogens is 823 g/mol. The number of carboxylic acid groups (broad SMARTS) is 3. The molecular formula is C37H29N19O7. The second-order valence-corrected chi connectivity index (χ2v) is 13.4. The number of nitrogen functional groups attached to an aromatic ring is 2. The van der Waals surface area contributed by atoms with E-state index in [2.05, 4.69) is 60.6 Å². The Morgan fingerprint density at radius 3 is 1.57 bits per heavy atom. The average molecular weight is 852 g/mol. The maximum absolute atomic E-state index is 11.8. The summed E-state index contributed by atoms with van der Waals surface area (Å²) in [5.74, 6) is -5.19. The highest BCUT2D eigenvalue weighted by molar-refractivity contribution is 5.95. The molecule has 0 spiro atoms. The van der Waals surface area contributed by atoms with E-state index in [-0.39, 0.29) is 97.3 Å². The fourth-order valence-electron chi connectivity index (χ4n) is 6.17. The molecule has 26 heteroatoms. The lowest BCUT2D eigenvalue weighted by Crippen LogP contribution is -2.13. The van der Waals surface area contributed by atoms with Gasteiger partial charge in [-0.25, -0.2) is 28.6 Å². The van der Waals surface area contributed by atoms with E-state index < -0.39 is 23.9 Å². The van der Waals surface area contributed by atoms with Gasteiger partial charge in [0.1, 0.15) is 11.6 Å². The summed E-state index contributed by atoms with van der Waals surface area (Å²) in [4.78, 5) is 51.1. The maximum atomic E-state index is 11.8. The first kappa shape index (κ1) is 41.4. The van der Waals surface area contributed by atoms with Gasteiger partial charge in [-0.15, -0.1) is 20.5 Å². The minimum atomic E-state index is -1.40. The normalized spacial score (nSPS) is 11.3. The molecule has 0 atom stereocenters. The van der Waals surface area contributed by atoms with Crippen LogP contribution in [-0.4, -0.2) is 92.4 Å². The van der Waals surface area contributed by atoms with E-state index in [1.54, 1.807) is 26.8 Å². The summed E-state index contributed by atoms with van der Waals surface area (Å²) in [7, 11) is 0. The summed E-state index contributed by atoms with van der Waals surface area (Å²) in [5.41, 5.74) is 13.9. The number of nitrogens with two attached hydrogens (primary N) is 2. The number of carbonyl (C=O) groups is 3. The molecule has 0 unspecified atom stereocenters. The second kappa shape index (κ2) is 15.8. The number of azo groups is 2. The van der Waals surface area contributed by atoms with Gasteiger partial charge >= 0.3 is 23.9 Å². The van der Waals surface area contributed by atoms with Crippen LogP contribution in [0.15, 0.2) is 56.9 Å². The molecule has 63 heavy (non-hydrogen) atoms. The minimum absolute atomic E-state index is 0.0104. The smallest absolute Gasteiger partial charge is 0.335 e. The summed E-state index contributed by atoms with van der Waals surface area (Å²) in [6.45, 7) is 15.6. The quantitative estimate of drug-likeness (QED) is 0.0703. The van der Waals surface area contributed by atoms with Crippen molar-refractivity contribution >= 4 is 58.2 Å². The minimum Gasteiger partial charge on any atom is -0.479 e. The number of aromatic nitrogens is 11. The Balaban J connectivity index is 1.25. The maximum Gasteiger partial charge on any atom is 0.335 e. The first-order chi connectivity index (χ1) is 29.9. The predicted molar refractivity (Wildman–Crippen MR) is 216 cm³/mol. The SMILES string of the molecule is [C-]#[N+]c1c(C)nn(-c2cc(C(=O)O)cc(C(=O)O)c2)c1N=Nc1c(C)nn(-c2nc(O)nc(-n3nc(C)c(N=Nc4c(C#N)c(C)nn4-c4cc(C)cc(C(=O)O)c4)c3N)n2)c1N. The Hall–Kier alpha value is -9.72. The number of hydrogen-bond acceptors (Lipinski definition) is 18. The third-order valence-corrected chi connectivity index (χ3v) is 9.07. The Morgan fingerprint density at radius 2 is 1.08 bits per heavy atom. The van der Waals surface area contributed by atoms with Gasteiger partial charge in [-0.2, -0.15) is 50.0 Å². The second-order valence-electron chi connectivity index (χ2n) is 13.4. The van der Waals surface area contributed by atoms with E-state index in [0.29, 0.717) is 16.9 Å². The van der Waals surface area contributed by atoms with Gasteiger partial charge < -0.3 is 31.9 Å². The number of benzene rings is 2. The molecule has 7 rings (SSSR count). The number of nitriles is 1. The molecule has 0 amide bonds. The Labute approximate surface area is 352 Å². The van der Waals surface area contributed by atoms with Crippen LogP contribution in [0.5, 0.6) is 6.01 Å². The van der Waals surface area contributed by atoms with E-state index in [0.717, 1.165) is 32.2 Å². The highest BCUT2D eigenvalue weighted by Crippen LogP contribution is 2.38. The first-order valence-electron chi connectivity index (χ1n) is 17.8. The van der Waals surface area contributed by atoms with Crippen molar-refractivity contribution in [2.45, 2.75) is 34.6 Å². The number of rotatable bonds is 11.